The van der Waals surface area contributed by atoms with Crippen LogP contribution < -0.4 is 10.2 Å². The van der Waals surface area contributed by atoms with Crippen molar-refractivity contribution in [2.75, 3.05) is 31.1 Å². The zero-order valence-electron chi connectivity index (χ0n) is 13.8. The third-order valence-electron chi connectivity index (χ3n) is 4.68. The maximum atomic E-state index is 12.6. The number of ketones is 1. The Balaban J connectivity index is 1.69. The molecule has 24 heavy (non-hydrogen) atoms. The number of piperazine rings is 1. The summed E-state index contributed by atoms with van der Waals surface area (Å²) in [6, 6.07) is 6.60. The summed E-state index contributed by atoms with van der Waals surface area (Å²) in [5.41, 5.74) is 5.43. The predicted molar refractivity (Wildman–Crippen MR) is 99.6 cm³/mol. The van der Waals surface area contributed by atoms with E-state index in [1.54, 1.807) is 11.3 Å². The molecular formula is C19H21N3OS. The van der Waals surface area contributed by atoms with E-state index in [2.05, 4.69) is 33.4 Å². The van der Waals surface area contributed by atoms with Gasteiger partial charge in [-0.3, -0.25) is 4.79 Å². The van der Waals surface area contributed by atoms with E-state index in [4.69, 9.17) is 0 Å². The van der Waals surface area contributed by atoms with Gasteiger partial charge in [0, 0.05) is 49.4 Å². The average molecular weight is 339 g/mol. The molecule has 0 amide bonds. The molecule has 0 atom stereocenters. The summed E-state index contributed by atoms with van der Waals surface area (Å²) in [6.45, 7) is 6.11. The Kier molecular flexibility index (Phi) is 4.21. The van der Waals surface area contributed by atoms with Crippen LogP contribution in [0.15, 0.2) is 23.6 Å². The highest BCUT2D eigenvalue weighted by Gasteiger charge is 2.21. The third-order valence-corrected chi connectivity index (χ3v) is 5.67. The van der Waals surface area contributed by atoms with Crippen molar-refractivity contribution in [3.63, 3.8) is 0 Å². The number of fused-ring (bicyclic) bond motifs is 1. The van der Waals surface area contributed by atoms with Crippen LogP contribution in [0.5, 0.6) is 0 Å². The standard InChI is InChI=1S/C19H21N3OS/c1-13-12-24-19(21-13)17-11-15-2-4-16(22-8-6-20-7-9-22)10-14(15)3-5-18(17)23/h2,4,10-12,20H,3,5-9H2,1H3. The first kappa shape index (κ1) is 15.5. The summed E-state index contributed by atoms with van der Waals surface area (Å²) in [6.07, 6.45) is 3.39. The van der Waals surface area contributed by atoms with Gasteiger partial charge in [-0.05, 0) is 42.7 Å². The van der Waals surface area contributed by atoms with Crippen molar-refractivity contribution in [2.24, 2.45) is 0 Å². The number of hydrogen-bond donors (Lipinski definition) is 1. The molecule has 2 aromatic rings. The second-order valence-corrected chi connectivity index (χ2v) is 7.25. The molecule has 0 bridgehead atoms. The van der Waals surface area contributed by atoms with E-state index in [9.17, 15) is 4.79 Å². The number of aromatic nitrogens is 1. The highest BCUT2D eigenvalue weighted by molar-refractivity contribution is 7.11. The number of allylic oxidation sites excluding steroid dienone is 1. The lowest BCUT2D eigenvalue weighted by atomic mass is 10.0. The number of anilines is 1. The Bertz CT molecular complexity index is 803. The molecule has 1 fully saturated rings. The number of carbonyl (C=O) groups excluding carboxylic acids is 1. The number of nitrogens with zero attached hydrogens (tertiary/aromatic N) is 2. The largest absolute Gasteiger partial charge is 0.369 e. The third kappa shape index (κ3) is 3.01. The predicted octanol–water partition coefficient (Wildman–Crippen LogP) is 2.92. The number of hydrogen-bond acceptors (Lipinski definition) is 5. The van der Waals surface area contributed by atoms with E-state index in [1.165, 1.54) is 11.3 Å². The van der Waals surface area contributed by atoms with Gasteiger partial charge in [-0.25, -0.2) is 4.98 Å². The Morgan fingerprint density at radius 1 is 1.21 bits per heavy atom. The number of Topliss-reactive ketones (excluding diaryl/α,β-unsaturated/α-hetero) is 1. The molecule has 4 nitrogen and oxygen atoms in total. The average Bonchev–Trinajstić information content (AvgIpc) is 2.97. The van der Waals surface area contributed by atoms with Crippen molar-refractivity contribution in [3.05, 3.63) is 45.4 Å². The molecule has 2 heterocycles. The van der Waals surface area contributed by atoms with Crippen molar-refractivity contribution in [1.29, 1.82) is 0 Å². The minimum atomic E-state index is 0.198. The van der Waals surface area contributed by atoms with Gasteiger partial charge in [-0.15, -0.1) is 11.3 Å². The van der Waals surface area contributed by atoms with Gasteiger partial charge in [0.1, 0.15) is 5.01 Å². The second-order valence-electron chi connectivity index (χ2n) is 6.40. The minimum Gasteiger partial charge on any atom is -0.369 e. The van der Waals surface area contributed by atoms with Crippen LogP contribution in [0.2, 0.25) is 0 Å². The summed E-state index contributed by atoms with van der Waals surface area (Å²) >= 11 is 1.55. The molecule has 2 aliphatic rings. The number of nitrogens with one attached hydrogen (secondary N) is 1. The van der Waals surface area contributed by atoms with Crippen LogP contribution in [0.1, 0.15) is 28.2 Å². The van der Waals surface area contributed by atoms with Gasteiger partial charge < -0.3 is 10.2 Å². The van der Waals surface area contributed by atoms with Crippen molar-refractivity contribution in [2.45, 2.75) is 19.8 Å². The lowest BCUT2D eigenvalue weighted by Gasteiger charge is -2.30. The molecule has 0 unspecified atom stereocenters. The van der Waals surface area contributed by atoms with E-state index in [-0.39, 0.29) is 5.78 Å². The molecule has 0 spiro atoms. The van der Waals surface area contributed by atoms with Crippen LogP contribution >= 0.6 is 11.3 Å². The van der Waals surface area contributed by atoms with Crippen LogP contribution in [-0.2, 0) is 11.2 Å². The van der Waals surface area contributed by atoms with Crippen molar-refractivity contribution in [3.8, 4) is 0 Å². The molecule has 1 aliphatic carbocycles. The highest BCUT2D eigenvalue weighted by atomic mass is 32.1. The fourth-order valence-electron chi connectivity index (χ4n) is 3.35. The number of benzene rings is 1. The van der Waals surface area contributed by atoms with Gasteiger partial charge in [-0.2, -0.15) is 0 Å². The molecule has 124 valence electrons. The summed E-state index contributed by atoms with van der Waals surface area (Å²) in [5, 5.41) is 6.23. The quantitative estimate of drug-likeness (QED) is 0.914. The molecule has 1 aliphatic heterocycles. The zero-order chi connectivity index (χ0) is 16.5. The maximum absolute atomic E-state index is 12.6. The molecular weight excluding hydrogens is 318 g/mol. The van der Waals surface area contributed by atoms with Crippen molar-refractivity contribution < 1.29 is 4.79 Å². The van der Waals surface area contributed by atoms with Crippen molar-refractivity contribution >= 4 is 34.5 Å². The first-order valence-electron chi connectivity index (χ1n) is 8.47. The lowest BCUT2D eigenvalue weighted by molar-refractivity contribution is -0.113. The van der Waals surface area contributed by atoms with E-state index in [0.29, 0.717) is 6.42 Å². The molecule has 1 aromatic carbocycles. The molecule has 0 radical (unpaired) electrons. The molecule has 4 rings (SSSR count). The normalized spacial score (nSPS) is 18.1. The molecule has 0 saturated carbocycles. The van der Waals surface area contributed by atoms with E-state index in [1.807, 2.05) is 18.4 Å². The fourth-order valence-corrected chi connectivity index (χ4v) is 4.18. The summed E-state index contributed by atoms with van der Waals surface area (Å²) in [7, 11) is 0. The molecule has 1 saturated heterocycles. The monoisotopic (exact) mass is 339 g/mol. The van der Waals surface area contributed by atoms with Gasteiger partial charge >= 0.3 is 0 Å². The Morgan fingerprint density at radius 3 is 2.79 bits per heavy atom. The van der Waals surface area contributed by atoms with E-state index >= 15 is 0 Å². The number of carbonyl (C=O) groups is 1. The van der Waals surface area contributed by atoms with Gasteiger partial charge in [0.2, 0.25) is 0 Å². The van der Waals surface area contributed by atoms with Crippen LogP contribution in [0.4, 0.5) is 5.69 Å². The zero-order valence-corrected chi connectivity index (χ0v) is 14.7. The van der Waals surface area contributed by atoms with Gasteiger partial charge in [-0.1, -0.05) is 6.07 Å². The Morgan fingerprint density at radius 2 is 2.04 bits per heavy atom. The summed E-state index contributed by atoms with van der Waals surface area (Å²) in [5.74, 6) is 0.198. The Labute approximate surface area is 146 Å². The SMILES string of the molecule is Cc1csc(C2=Cc3ccc(N4CCNCC4)cc3CCC2=O)n1. The number of thiazole rings is 1. The number of aryl methyl sites for hydroxylation is 2. The topological polar surface area (TPSA) is 45.2 Å². The van der Waals surface area contributed by atoms with Gasteiger partial charge in [0.15, 0.2) is 5.78 Å². The fraction of sp³-hybridized carbons (Fsp3) is 0.368. The maximum Gasteiger partial charge on any atom is 0.166 e. The van der Waals surface area contributed by atoms with Gasteiger partial charge in [0.25, 0.3) is 0 Å². The summed E-state index contributed by atoms with van der Waals surface area (Å²) < 4.78 is 0. The van der Waals surface area contributed by atoms with Gasteiger partial charge in [0.05, 0.1) is 5.57 Å². The first-order chi connectivity index (χ1) is 11.7. The number of rotatable bonds is 2. The smallest absolute Gasteiger partial charge is 0.166 e. The van der Waals surface area contributed by atoms with Crippen LogP contribution in [-0.4, -0.2) is 36.9 Å². The molecule has 5 heteroatoms. The van der Waals surface area contributed by atoms with Crippen LogP contribution in [0.3, 0.4) is 0 Å². The Hall–Kier alpha value is -1.98. The van der Waals surface area contributed by atoms with E-state index < -0.39 is 0 Å². The minimum absolute atomic E-state index is 0.198. The van der Waals surface area contributed by atoms with E-state index in [0.717, 1.165) is 54.4 Å². The van der Waals surface area contributed by atoms with Crippen LogP contribution in [0.25, 0.3) is 11.6 Å². The van der Waals surface area contributed by atoms with Crippen molar-refractivity contribution in [1.82, 2.24) is 10.3 Å². The second kappa shape index (κ2) is 6.49. The summed E-state index contributed by atoms with van der Waals surface area (Å²) in [4.78, 5) is 19.5. The highest BCUT2D eigenvalue weighted by Crippen LogP contribution is 2.31. The first-order valence-corrected chi connectivity index (χ1v) is 9.35. The lowest BCUT2D eigenvalue weighted by Crippen LogP contribution is -2.43. The molecule has 1 aromatic heterocycles. The van der Waals surface area contributed by atoms with Crippen LogP contribution in [0, 0.1) is 6.92 Å². The molecule has 1 N–H and O–H groups in total.